The van der Waals surface area contributed by atoms with Crippen molar-refractivity contribution < 1.29 is 9.52 Å². The molecule has 0 saturated heterocycles. The maximum absolute atomic E-state index is 10.4. The number of furan rings is 1. The van der Waals surface area contributed by atoms with E-state index in [-0.39, 0.29) is 0 Å². The Balaban J connectivity index is 2.13. The average molecular weight is 194 g/mol. The highest BCUT2D eigenvalue weighted by atomic mass is 16.3. The molecule has 0 atom stereocenters. The van der Waals surface area contributed by atoms with Gasteiger partial charge in [0.25, 0.3) is 0 Å². The second-order valence-electron chi connectivity index (χ2n) is 5.21. The van der Waals surface area contributed by atoms with Crippen LogP contribution in [-0.4, -0.2) is 5.11 Å². The van der Waals surface area contributed by atoms with Gasteiger partial charge in [-0.2, -0.15) is 0 Å². The molecule has 0 amide bonds. The van der Waals surface area contributed by atoms with E-state index in [2.05, 4.69) is 13.8 Å². The lowest BCUT2D eigenvalue weighted by Gasteiger charge is -2.39. The molecule has 1 saturated carbocycles. The molecule has 1 fully saturated rings. The second kappa shape index (κ2) is 3.13. The van der Waals surface area contributed by atoms with Crippen molar-refractivity contribution in [3.05, 3.63) is 24.2 Å². The standard InChI is InChI=1S/C12H18O2/c1-11(2)4-6-12(13,7-5-11)10-3-8-14-9-10/h3,8-9,13H,4-7H2,1-2H3. The van der Waals surface area contributed by atoms with Crippen LogP contribution in [0.3, 0.4) is 0 Å². The summed E-state index contributed by atoms with van der Waals surface area (Å²) in [6, 6.07) is 1.87. The zero-order valence-corrected chi connectivity index (χ0v) is 8.92. The fourth-order valence-electron chi connectivity index (χ4n) is 2.16. The quantitative estimate of drug-likeness (QED) is 0.745. The number of hydrogen-bond donors (Lipinski definition) is 1. The van der Waals surface area contributed by atoms with E-state index in [1.165, 1.54) is 0 Å². The SMILES string of the molecule is CC1(C)CCC(O)(c2ccoc2)CC1. The van der Waals surface area contributed by atoms with Gasteiger partial charge in [0.1, 0.15) is 0 Å². The molecule has 1 heterocycles. The molecule has 1 aromatic heterocycles. The molecule has 1 aliphatic carbocycles. The second-order valence-corrected chi connectivity index (χ2v) is 5.21. The molecule has 0 aliphatic heterocycles. The lowest BCUT2D eigenvalue weighted by Crippen LogP contribution is -2.34. The first-order valence-electron chi connectivity index (χ1n) is 5.27. The third-order valence-electron chi connectivity index (χ3n) is 3.49. The number of hydrogen-bond acceptors (Lipinski definition) is 2. The first-order valence-corrected chi connectivity index (χ1v) is 5.27. The molecule has 2 rings (SSSR count). The highest BCUT2D eigenvalue weighted by molar-refractivity contribution is 5.17. The zero-order chi connectivity index (χ0) is 10.2. The van der Waals surface area contributed by atoms with Gasteiger partial charge in [-0.05, 0) is 37.2 Å². The van der Waals surface area contributed by atoms with Gasteiger partial charge in [0.15, 0.2) is 0 Å². The van der Waals surface area contributed by atoms with Crippen molar-refractivity contribution in [3.63, 3.8) is 0 Å². The highest BCUT2D eigenvalue weighted by Crippen LogP contribution is 2.44. The molecule has 1 aromatic rings. The van der Waals surface area contributed by atoms with Crippen LogP contribution < -0.4 is 0 Å². The number of aliphatic hydroxyl groups is 1. The monoisotopic (exact) mass is 194 g/mol. The predicted molar refractivity (Wildman–Crippen MR) is 54.9 cm³/mol. The summed E-state index contributed by atoms with van der Waals surface area (Å²) < 4.78 is 5.02. The van der Waals surface area contributed by atoms with Gasteiger partial charge >= 0.3 is 0 Å². The van der Waals surface area contributed by atoms with E-state index in [1.807, 2.05) is 6.07 Å². The summed E-state index contributed by atoms with van der Waals surface area (Å²) in [5.41, 5.74) is 0.686. The Morgan fingerprint density at radius 2 is 1.86 bits per heavy atom. The summed E-state index contributed by atoms with van der Waals surface area (Å²) in [7, 11) is 0. The van der Waals surface area contributed by atoms with E-state index in [4.69, 9.17) is 4.42 Å². The van der Waals surface area contributed by atoms with E-state index in [0.717, 1.165) is 31.2 Å². The summed E-state index contributed by atoms with van der Waals surface area (Å²) in [4.78, 5) is 0. The molecular formula is C12H18O2. The third kappa shape index (κ3) is 1.71. The molecular weight excluding hydrogens is 176 g/mol. The Bertz CT molecular complexity index is 288. The Morgan fingerprint density at radius 1 is 1.21 bits per heavy atom. The van der Waals surface area contributed by atoms with E-state index in [9.17, 15) is 5.11 Å². The predicted octanol–water partition coefficient (Wildman–Crippen LogP) is 3.07. The highest BCUT2D eigenvalue weighted by Gasteiger charge is 2.38. The first-order chi connectivity index (χ1) is 6.52. The molecule has 0 unspecified atom stereocenters. The summed E-state index contributed by atoms with van der Waals surface area (Å²) in [5, 5.41) is 10.4. The van der Waals surface area contributed by atoms with Crippen molar-refractivity contribution >= 4 is 0 Å². The topological polar surface area (TPSA) is 33.4 Å². The van der Waals surface area contributed by atoms with E-state index < -0.39 is 5.60 Å². The molecule has 1 N–H and O–H groups in total. The van der Waals surface area contributed by atoms with Gasteiger partial charge in [-0.25, -0.2) is 0 Å². The van der Waals surface area contributed by atoms with Crippen LogP contribution >= 0.6 is 0 Å². The maximum Gasteiger partial charge on any atom is 0.0963 e. The smallest absolute Gasteiger partial charge is 0.0963 e. The fraction of sp³-hybridized carbons (Fsp3) is 0.667. The van der Waals surface area contributed by atoms with Crippen LogP contribution in [-0.2, 0) is 5.60 Å². The van der Waals surface area contributed by atoms with Crippen LogP contribution in [0.2, 0.25) is 0 Å². The van der Waals surface area contributed by atoms with Gasteiger partial charge in [0.05, 0.1) is 18.1 Å². The molecule has 0 radical (unpaired) electrons. The van der Waals surface area contributed by atoms with Crippen molar-refractivity contribution in [2.75, 3.05) is 0 Å². The van der Waals surface area contributed by atoms with Crippen LogP contribution in [0.5, 0.6) is 0 Å². The molecule has 2 heteroatoms. The number of rotatable bonds is 1. The largest absolute Gasteiger partial charge is 0.472 e. The molecule has 1 aliphatic rings. The maximum atomic E-state index is 10.4. The lowest BCUT2D eigenvalue weighted by atomic mass is 9.69. The van der Waals surface area contributed by atoms with Crippen LogP contribution in [0.25, 0.3) is 0 Å². The van der Waals surface area contributed by atoms with E-state index >= 15 is 0 Å². The minimum absolute atomic E-state index is 0.385. The lowest BCUT2D eigenvalue weighted by molar-refractivity contribution is -0.0309. The van der Waals surface area contributed by atoms with Gasteiger partial charge in [-0.3, -0.25) is 0 Å². The molecule has 2 nitrogen and oxygen atoms in total. The molecule has 0 spiro atoms. The summed E-state index contributed by atoms with van der Waals surface area (Å²) in [6.45, 7) is 4.53. The van der Waals surface area contributed by atoms with Crippen molar-refractivity contribution in [2.45, 2.75) is 45.1 Å². The third-order valence-corrected chi connectivity index (χ3v) is 3.49. The van der Waals surface area contributed by atoms with Gasteiger partial charge in [0, 0.05) is 5.56 Å². The molecule has 0 aromatic carbocycles. The van der Waals surface area contributed by atoms with Crippen LogP contribution in [0.1, 0.15) is 45.1 Å². The summed E-state index contributed by atoms with van der Waals surface area (Å²) >= 11 is 0. The normalized spacial score (nSPS) is 24.8. The summed E-state index contributed by atoms with van der Waals surface area (Å²) in [6.07, 6.45) is 7.15. The van der Waals surface area contributed by atoms with Gasteiger partial charge in [-0.1, -0.05) is 13.8 Å². The van der Waals surface area contributed by atoms with Crippen molar-refractivity contribution in [3.8, 4) is 0 Å². The van der Waals surface area contributed by atoms with Gasteiger partial charge in [0.2, 0.25) is 0 Å². The Labute approximate surface area is 84.9 Å². The van der Waals surface area contributed by atoms with Crippen LogP contribution in [0.15, 0.2) is 23.0 Å². The van der Waals surface area contributed by atoms with E-state index in [0.29, 0.717) is 5.41 Å². The van der Waals surface area contributed by atoms with Gasteiger partial charge in [-0.15, -0.1) is 0 Å². The van der Waals surface area contributed by atoms with Gasteiger partial charge < -0.3 is 9.52 Å². The van der Waals surface area contributed by atoms with Crippen LogP contribution in [0.4, 0.5) is 0 Å². The Morgan fingerprint density at radius 3 is 2.36 bits per heavy atom. The van der Waals surface area contributed by atoms with Crippen LogP contribution in [0, 0.1) is 5.41 Å². The minimum atomic E-state index is -0.636. The zero-order valence-electron chi connectivity index (χ0n) is 8.92. The molecule has 14 heavy (non-hydrogen) atoms. The average Bonchev–Trinajstić information content (AvgIpc) is 2.64. The first kappa shape index (κ1) is 9.78. The Hall–Kier alpha value is -0.760. The van der Waals surface area contributed by atoms with Crippen molar-refractivity contribution in [1.82, 2.24) is 0 Å². The fourth-order valence-corrected chi connectivity index (χ4v) is 2.16. The Kier molecular flexibility index (Phi) is 2.18. The summed E-state index contributed by atoms with van der Waals surface area (Å²) in [5.74, 6) is 0. The van der Waals surface area contributed by atoms with Crippen molar-refractivity contribution in [2.24, 2.45) is 5.41 Å². The molecule has 78 valence electrons. The van der Waals surface area contributed by atoms with E-state index in [1.54, 1.807) is 12.5 Å². The van der Waals surface area contributed by atoms with Crippen molar-refractivity contribution in [1.29, 1.82) is 0 Å². The molecule has 0 bridgehead atoms. The minimum Gasteiger partial charge on any atom is -0.472 e.